The number of fused-ring (bicyclic) bond motifs is 9. The second-order valence-electron chi connectivity index (χ2n) is 16.0. The van der Waals surface area contributed by atoms with Gasteiger partial charge in [-0.25, -0.2) is 15.0 Å². The van der Waals surface area contributed by atoms with Crippen LogP contribution in [0.25, 0.3) is 127 Å². The van der Waals surface area contributed by atoms with Crippen LogP contribution in [0.1, 0.15) is 0 Å². The molecule has 5 nitrogen and oxygen atoms in total. The van der Waals surface area contributed by atoms with Gasteiger partial charge in [-0.05, 0) is 92.5 Å². The van der Waals surface area contributed by atoms with Crippen LogP contribution in [0.4, 0.5) is 0 Å². The van der Waals surface area contributed by atoms with E-state index >= 15 is 0 Å². The molecule has 0 bridgehead atoms. The van der Waals surface area contributed by atoms with Crippen LogP contribution < -0.4 is 0 Å². The lowest BCUT2D eigenvalue weighted by Crippen LogP contribution is -2.02. The zero-order valence-electron chi connectivity index (χ0n) is 33.3. The molecule has 0 aliphatic rings. The molecule has 0 amide bonds. The maximum Gasteiger partial charge on any atom is 0.164 e. The third kappa shape index (κ3) is 5.45. The second kappa shape index (κ2) is 13.6. The predicted molar refractivity (Wildman–Crippen MR) is 256 cm³/mol. The van der Waals surface area contributed by atoms with Gasteiger partial charge in [0, 0.05) is 49.5 Å². The zero-order chi connectivity index (χ0) is 40.7. The van der Waals surface area contributed by atoms with E-state index in [9.17, 15) is 0 Å². The van der Waals surface area contributed by atoms with Crippen LogP contribution in [0, 0.1) is 0 Å². The minimum atomic E-state index is 0.578. The smallest absolute Gasteiger partial charge is 0.164 e. The van der Waals surface area contributed by atoms with Crippen molar-refractivity contribution in [3.63, 3.8) is 0 Å². The molecule has 62 heavy (non-hydrogen) atoms. The fourth-order valence-electron chi connectivity index (χ4n) is 9.39. The van der Waals surface area contributed by atoms with Gasteiger partial charge in [-0.3, -0.25) is 0 Å². The van der Waals surface area contributed by atoms with E-state index in [0.29, 0.717) is 17.5 Å². The van der Waals surface area contributed by atoms with Crippen LogP contribution in [-0.2, 0) is 0 Å². The van der Waals surface area contributed by atoms with Gasteiger partial charge in [-0.2, -0.15) is 0 Å². The van der Waals surface area contributed by atoms with Crippen molar-refractivity contribution in [2.45, 2.75) is 0 Å². The largest absolute Gasteiger partial charge is 0.455 e. The lowest BCUT2D eigenvalue weighted by Gasteiger charge is -2.16. The Hall–Kier alpha value is -8.41. The number of furan rings is 1. The fraction of sp³-hybridized carbons (Fsp3) is 0. The van der Waals surface area contributed by atoms with Crippen molar-refractivity contribution in [2.75, 3.05) is 0 Å². The molecular weight excluding hydrogens is 757 g/mol. The van der Waals surface area contributed by atoms with Crippen LogP contribution in [0.15, 0.2) is 211 Å². The monoisotopic (exact) mass is 790 g/mol. The van der Waals surface area contributed by atoms with Crippen molar-refractivity contribution in [3.05, 3.63) is 206 Å². The summed E-state index contributed by atoms with van der Waals surface area (Å²) in [5.41, 5.74) is 9.60. The molecule has 0 aliphatic heterocycles. The van der Waals surface area contributed by atoms with E-state index in [0.717, 1.165) is 88.0 Å². The van der Waals surface area contributed by atoms with Gasteiger partial charge < -0.3 is 8.98 Å². The summed E-state index contributed by atoms with van der Waals surface area (Å²) in [6.07, 6.45) is 0. The minimum Gasteiger partial charge on any atom is -0.455 e. The highest BCUT2D eigenvalue weighted by molar-refractivity contribution is 6.14. The van der Waals surface area contributed by atoms with Gasteiger partial charge in [0.1, 0.15) is 11.2 Å². The Labute approximate surface area is 355 Å². The molecule has 3 aromatic heterocycles. The molecule has 3 heterocycles. The topological polar surface area (TPSA) is 56.7 Å². The van der Waals surface area contributed by atoms with E-state index in [1.807, 2.05) is 12.1 Å². The SMILES string of the molecule is c1ccc2cc(-c3nc(-c4ccc5ccccc5c4)nc(-c4ccc(-n5c6ccccc6c6cc7ccccc7cc65)cc4-c4cccc5c4oc4ccccc45)n3)ccc2c1. The highest BCUT2D eigenvalue weighted by atomic mass is 16.3. The molecule has 0 saturated heterocycles. The molecule has 0 fully saturated rings. The van der Waals surface area contributed by atoms with Crippen LogP contribution in [0.3, 0.4) is 0 Å². The average Bonchev–Trinajstić information content (AvgIpc) is 3.88. The maximum atomic E-state index is 6.76. The number of rotatable bonds is 5. The molecule has 5 heteroatoms. The first-order valence-corrected chi connectivity index (χ1v) is 20.9. The first-order chi connectivity index (χ1) is 30.7. The van der Waals surface area contributed by atoms with E-state index in [2.05, 4.69) is 199 Å². The number of aromatic nitrogens is 4. The number of benzene rings is 10. The highest BCUT2D eigenvalue weighted by Crippen LogP contribution is 2.43. The van der Waals surface area contributed by atoms with E-state index in [-0.39, 0.29) is 0 Å². The Bertz CT molecular complexity index is 3850. The van der Waals surface area contributed by atoms with Crippen LogP contribution in [0.5, 0.6) is 0 Å². The van der Waals surface area contributed by atoms with E-state index in [4.69, 9.17) is 19.4 Å². The molecule has 13 rings (SSSR count). The standard InChI is InChI=1S/C57H34N4O/c1-3-14-37-30-41(26-24-35(37)12-1)55-58-56(42-27-25-36-13-2-4-15-38(36)31-42)60-57(59-55)48-29-28-43(34-49(48)47-21-11-20-46-45-19-8-10-23-53(45)62-54(46)47)61-51-22-9-7-18-44(51)50-32-39-16-5-6-17-40(39)33-52(50)61/h1-34H. The first kappa shape index (κ1) is 34.5. The molecule has 0 saturated carbocycles. The summed E-state index contributed by atoms with van der Waals surface area (Å²) >= 11 is 0. The molecule has 0 unspecified atom stereocenters. The minimum absolute atomic E-state index is 0.578. The summed E-state index contributed by atoms with van der Waals surface area (Å²) in [5.74, 6) is 1.79. The molecular formula is C57H34N4O. The Morgan fingerprint density at radius 2 is 0.887 bits per heavy atom. The summed E-state index contributed by atoms with van der Waals surface area (Å²) in [4.78, 5) is 15.9. The van der Waals surface area contributed by atoms with E-state index in [1.165, 1.54) is 21.5 Å². The summed E-state index contributed by atoms with van der Waals surface area (Å²) in [6, 6.07) is 72.9. The number of hydrogen-bond donors (Lipinski definition) is 0. The molecule has 288 valence electrons. The molecule has 0 atom stereocenters. The Balaban J connectivity index is 1.10. The van der Waals surface area contributed by atoms with E-state index < -0.39 is 0 Å². The van der Waals surface area contributed by atoms with Gasteiger partial charge in [0.2, 0.25) is 0 Å². The fourth-order valence-corrected chi connectivity index (χ4v) is 9.39. The lowest BCUT2D eigenvalue weighted by atomic mass is 9.96. The maximum absolute atomic E-state index is 6.76. The number of nitrogens with zero attached hydrogens (tertiary/aromatic N) is 4. The third-order valence-electron chi connectivity index (χ3n) is 12.4. The Kier molecular flexibility index (Phi) is 7.54. The van der Waals surface area contributed by atoms with Gasteiger partial charge in [0.25, 0.3) is 0 Å². The van der Waals surface area contributed by atoms with Crippen molar-refractivity contribution >= 4 is 76.1 Å². The molecule has 0 spiro atoms. The van der Waals surface area contributed by atoms with Gasteiger partial charge >= 0.3 is 0 Å². The second-order valence-corrected chi connectivity index (χ2v) is 16.0. The van der Waals surface area contributed by atoms with Crippen LogP contribution >= 0.6 is 0 Å². The number of para-hydroxylation sites is 3. The van der Waals surface area contributed by atoms with Crippen molar-refractivity contribution in [2.24, 2.45) is 0 Å². The summed E-state index contributed by atoms with van der Waals surface area (Å²) in [5, 5.41) is 11.5. The molecule has 13 aromatic rings. The molecule has 10 aromatic carbocycles. The first-order valence-electron chi connectivity index (χ1n) is 20.9. The highest BCUT2D eigenvalue weighted by Gasteiger charge is 2.22. The zero-order valence-corrected chi connectivity index (χ0v) is 33.3. The van der Waals surface area contributed by atoms with Crippen molar-refractivity contribution in [1.82, 2.24) is 19.5 Å². The quantitative estimate of drug-likeness (QED) is 0.174. The van der Waals surface area contributed by atoms with Gasteiger partial charge in [0.05, 0.1) is 11.0 Å². The van der Waals surface area contributed by atoms with Crippen LogP contribution in [0.2, 0.25) is 0 Å². The molecule has 0 N–H and O–H groups in total. The Morgan fingerprint density at radius 1 is 0.323 bits per heavy atom. The summed E-state index contributed by atoms with van der Waals surface area (Å²) in [6.45, 7) is 0. The summed E-state index contributed by atoms with van der Waals surface area (Å²) in [7, 11) is 0. The number of hydrogen-bond acceptors (Lipinski definition) is 4. The van der Waals surface area contributed by atoms with Gasteiger partial charge in [-0.1, -0.05) is 152 Å². The van der Waals surface area contributed by atoms with E-state index in [1.54, 1.807) is 0 Å². The van der Waals surface area contributed by atoms with Crippen molar-refractivity contribution < 1.29 is 4.42 Å². The van der Waals surface area contributed by atoms with Crippen molar-refractivity contribution in [1.29, 1.82) is 0 Å². The Morgan fingerprint density at radius 3 is 1.60 bits per heavy atom. The van der Waals surface area contributed by atoms with Gasteiger partial charge in [-0.15, -0.1) is 0 Å². The predicted octanol–water partition coefficient (Wildman–Crippen LogP) is 15.0. The molecule has 0 aliphatic carbocycles. The molecule has 0 radical (unpaired) electrons. The van der Waals surface area contributed by atoms with Crippen molar-refractivity contribution in [3.8, 4) is 51.0 Å². The summed E-state index contributed by atoms with van der Waals surface area (Å²) < 4.78 is 9.14. The van der Waals surface area contributed by atoms with Crippen LogP contribution in [-0.4, -0.2) is 19.5 Å². The normalized spacial score (nSPS) is 11.9. The van der Waals surface area contributed by atoms with Gasteiger partial charge in [0.15, 0.2) is 17.5 Å². The third-order valence-corrected chi connectivity index (χ3v) is 12.4. The average molecular weight is 791 g/mol. The lowest BCUT2D eigenvalue weighted by molar-refractivity contribution is 0.670.